The van der Waals surface area contributed by atoms with Crippen molar-refractivity contribution >= 4 is 51.8 Å². The van der Waals surface area contributed by atoms with Crippen molar-refractivity contribution in [2.75, 3.05) is 11.1 Å². The highest BCUT2D eigenvalue weighted by molar-refractivity contribution is 6.35. The summed E-state index contributed by atoms with van der Waals surface area (Å²) in [6.07, 6.45) is 1.52. The second-order valence-electron chi connectivity index (χ2n) is 3.78. The molecule has 0 amide bonds. The summed E-state index contributed by atoms with van der Waals surface area (Å²) in [6, 6.07) is 5.10. The van der Waals surface area contributed by atoms with Gasteiger partial charge in [-0.3, -0.25) is 0 Å². The summed E-state index contributed by atoms with van der Waals surface area (Å²) in [5.74, 6) is 0.615. The van der Waals surface area contributed by atoms with Gasteiger partial charge in [0.15, 0.2) is 11.5 Å². The lowest BCUT2D eigenvalue weighted by Crippen LogP contribution is -2.01. The molecule has 0 aliphatic heterocycles. The van der Waals surface area contributed by atoms with Gasteiger partial charge in [-0.25, -0.2) is 4.98 Å². The van der Waals surface area contributed by atoms with E-state index in [2.05, 4.69) is 25.3 Å². The average molecular weight is 295 g/mol. The van der Waals surface area contributed by atoms with Crippen LogP contribution in [0.5, 0.6) is 0 Å². The molecular formula is C11H8Cl2N6. The number of halogens is 2. The smallest absolute Gasteiger partial charge is 0.224 e. The molecule has 4 N–H and O–H groups in total. The predicted molar refractivity (Wildman–Crippen MR) is 75.8 cm³/mol. The Morgan fingerprint density at radius 1 is 1.21 bits per heavy atom. The molecule has 0 saturated carbocycles. The van der Waals surface area contributed by atoms with Crippen molar-refractivity contribution in [1.29, 1.82) is 0 Å². The molecule has 3 rings (SSSR count). The van der Waals surface area contributed by atoms with Crippen molar-refractivity contribution in [2.45, 2.75) is 0 Å². The molecule has 2 aromatic heterocycles. The molecule has 3 aromatic rings. The summed E-state index contributed by atoms with van der Waals surface area (Å²) in [6.45, 7) is 0. The molecule has 0 radical (unpaired) electrons. The van der Waals surface area contributed by atoms with E-state index in [4.69, 9.17) is 28.9 Å². The van der Waals surface area contributed by atoms with Crippen LogP contribution in [0.15, 0.2) is 24.5 Å². The number of nitrogens with two attached hydrogens (primary N) is 1. The Morgan fingerprint density at radius 3 is 2.89 bits per heavy atom. The van der Waals surface area contributed by atoms with Crippen LogP contribution in [-0.2, 0) is 0 Å². The van der Waals surface area contributed by atoms with E-state index in [0.717, 1.165) is 0 Å². The van der Waals surface area contributed by atoms with Gasteiger partial charge in [-0.1, -0.05) is 23.2 Å². The number of nitrogens with zero attached hydrogens (tertiary/aromatic N) is 3. The summed E-state index contributed by atoms with van der Waals surface area (Å²) in [5.41, 5.74) is 7.38. The first kappa shape index (κ1) is 12.0. The van der Waals surface area contributed by atoms with Gasteiger partial charge in [0.05, 0.1) is 17.0 Å². The molecule has 0 atom stereocenters. The van der Waals surface area contributed by atoms with Crippen LogP contribution in [0.25, 0.3) is 11.2 Å². The lowest BCUT2D eigenvalue weighted by Gasteiger charge is -2.09. The third-order valence-corrected chi connectivity index (χ3v) is 3.05. The molecule has 0 saturated heterocycles. The Balaban J connectivity index is 2.10. The number of anilines is 3. The number of benzene rings is 1. The van der Waals surface area contributed by atoms with Crippen molar-refractivity contribution in [3.63, 3.8) is 0 Å². The van der Waals surface area contributed by atoms with Gasteiger partial charge >= 0.3 is 0 Å². The highest BCUT2D eigenvalue weighted by atomic mass is 35.5. The molecule has 0 aliphatic carbocycles. The fraction of sp³-hybridized carbons (Fsp3) is 0. The van der Waals surface area contributed by atoms with E-state index < -0.39 is 0 Å². The number of H-pyrrole nitrogens is 1. The zero-order chi connectivity index (χ0) is 13.4. The Kier molecular flexibility index (Phi) is 2.88. The van der Waals surface area contributed by atoms with Crippen molar-refractivity contribution in [3.8, 4) is 0 Å². The lowest BCUT2D eigenvalue weighted by molar-refractivity contribution is 1.21. The maximum absolute atomic E-state index is 6.09. The molecule has 1 aromatic carbocycles. The normalized spacial score (nSPS) is 10.8. The number of aromatic amines is 1. The Morgan fingerprint density at radius 2 is 2.05 bits per heavy atom. The number of nitrogen functional groups attached to an aromatic ring is 1. The second-order valence-corrected chi connectivity index (χ2v) is 4.62. The topological polar surface area (TPSA) is 92.5 Å². The first-order valence-corrected chi connectivity index (χ1v) is 6.08. The number of rotatable bonds is 2. The summed E-state index contributed by atoms with van der Waals surface area (Å²) >= 11 is 12.0. The van der Waals surface area contributed by atoms with Crippen LogP contribution < -0.4 is 11.1 Å². The number of nitrogens with one attached hydrogen (secondary N) is 2. The van der Waals surface area contributed by atoms with Crippen LogP contribution >= 0.6 is 23.2 Å². The van der Waals surface area contributed by atoms with Gasteiger partial charge in [0.25, 0.3) is 0 Å². The van der Waals surface area contributed by atoms with E-state index in [1.165, 1.54) is 6.33 Å². The van der Waals surface area contributed by atoms with E-state index >= 15 is 0 Å². The van der Waals surface area contributed by atoms with Crippen LogP contribution in [0, 0.1) is 0 Å². The standard InChI is InChI=1S/C11H8Cl2N6/c12-5-1-2-6(13)7(3-5)17-10-8-9(16-4-15-8)18-11(14)19-10/h1-4H,(H4,14,15,16,17,18,19). The molecule has 96 valence electrons. The van der Waals surface area contributed by atoms with Gasteiger partial charge in [0, 0.05) is 5.02 Å². The molecule has 0 bridgehead atoms. The maximum Gasteiger partial charge on any atom is 0.224 e. The Labute approximate surface area is 118 Å². The highest BCUT2D eigenvalue weighted by Gasteiger charge is 2.10. The molecule has 0 spiro atoms. The number of aromatic nitrogens is 4. The first-order valence-electron chi connectivity index (χ1n) is 5.32. The van der Waals surface area contributed by atoms with Gasteiger partial charge in [-0.2, -0.15) is 9.97 Å². The highest BCUT2D eigenvalue weighted by Crippen LogP contribution is 2.29. The summed E-state index contributed by atoms with van der Waals surface area (Å²) in [4.78, 5) is 15.1. The number of imidazole rings is 1. The summed E-state index contributed by atoms with van der Waals surface area (Å²) in [7, 11) is 0. The summed E-state index contributed by atoms with van der Waals surface area (Å²) < 4.78 is 0. The molecule has 0 unspecified atom stereocenters. The second kappa shape index (κ2) is 4.56. The van der Waals surface area contributed by atoms with E-state index in [0.29, 0.717) is 32.7 Å². The van der Waals surface area contributed by atoms with Crippen LogP contribution in [0.1, 0.15) is 0 Å². The number of hydrogen-bond donors (Lipinski definition) is 3. The molecule has 6 nitrogen and oxygen atoms in total. The van der Waals surface area contributed by atoms with Crippen molar-refractivity contribution in [2.24, 2.45) is 0 Å². The average Bonchev–Trinajstić information content (AvgIpc) is 2.82. The number of hydrogen-bond acceptors (Lipinski definition) is 5. The molecule has 0 aliphatic rings. The third kappa shape index (κ3) is 2.27. The van der Waals surface area contributed by atoms with E-state index in [9.17, 15) is 0 Å². The monoisotopic (exact) mass is 294 g/mol. The Hall–Kier alpha value is -2.05. The largest absolute Gasteiger partial charge is 0.368 e. The molecule has 0 fully saturated rings. The molecule has 2 heterocycles. The number of fused-ring (bicyclic) bond motifs is 1. The fourth-order valence-corrected chi connectivity index (χ4v) is 2.00. The van der Waals surface area contributed by atoms with E-state index in [1.54, 1.807) is 18.2 Å². The third-order valence-electron chi connectivity index (χ3n) is 2.48. The van der Waals surface area contributed by atoms with E-state index in [1.807, 2.05) is 0 Å². The minimum atomic E-state index is 0.125. The van der Waals surface area contributed by atoms with Gasteiger partial charge in [-0.15, -0.1) is 0 Å². The van der Waals surface area contributed by atoms with Crippen molar-refractivity contribution in [1.82, 2.24) is 19.9 Å². The molecular weight excluding hydrogens is 287 g/mol. The van der Waals surface area contributed by atoms with Crippen molar-refractivity contribution in [3.05, 3.63) is 34.6 Å². The first-order chi connectivity index (χ1) is 9.13. The molecule has 19 heavy (non-hydrogen) atoms. The van der Waals surface area contributed by atoms with Crippen LogP contribution in [0.2, 0.25) is 10.0 Å². The van der Waals surface area contributed by atoms with Crippen molar-refractivity contribution < 1.29 is 0 Å². The van der Waals surface area contributed by atoms with Gasteiger partial charge in [0.2, 0.25) is 5.95 Å². The lowest BCUT2D eigenvalue weighted by atomic mass is 10.3. The molecule has 8 heteroatoms. The van der Waals surface area contributed by atoms with Crippen LogP contribution in [0.3, 0.4) is 0 Å². The minimum absolute atomic E-state index is 0.125. The quantitative estimate of drug-likeness (QED) is 0.676. The SMILES string of the molecule is Nc1nc(Nc2cc(Cl)ccc2Cl)c2[nH]cnc2n1. The zero-order valence-corrected chi connectivity index (χ0v) is 11.0. The maximum atomic E-state index is 6.09. The van der Waals surface area contributed by atoms with Gasteiger partial charge in [0.1, 0.15) is 5.52 Å². The fourth-order valence-electron chi connectivity index (χ4n) is 1.66. The van der Waals surface area contributed by atoms with Crippen LogP contribution in [-0.4, -0.2) is 19.9 Å². The minimum Gasteiger partial charge on any atom is -0.368 e. The predicted octanol–water partition coefficient (Wildman–Crippen LogP) is 2.99. The Bertz CT molecular complexity index is 754. The van der Waals surface area contributed by atoms with E-state index in [-0.39, 0.29) is 5.95 Å². The van der Waals surface area contributed by atoms with Gasteiger partial charge in [-0.05, 0) is 18.2 Å². The van der Waals surface area contributed by atoms with Gasteiger partial charge < -0.3 is 16.0 Å². The summed E-state index contributed by atoms with van der Waals surface area (Å²) in [5, 5.41) is 4.15. The van der Waals surface area contributed by atoms with Crippen LogP contribution in [0.4, 0.5) is 17.5 Å². The zero-order valence-electron chi connectivity index (χ0n) is 9.48.